The van der Waals surface area contributed by atoms with E-state index in [0.29, 0.717) is 41.1 Å². The van der Waals surface area contributed by atoms with Crippen LogP contribution < -0.4 is 19.9 Å². The number of nitriles is 1. The first-order valence-electron chi connectivity index (χ1n) is 10.1. The maximum absolute atomic E-state index is 9.87. The summed E-state index contributed by atoms with van der Waals surface area (Å²) in [7, 11) is 0. The lowest BCUT2D eigenvalue weighted by atomic mass is 9.83. The van der Waals surface area contributed by atoms with E-state index in [1.54, 1.807) is 12.1 Å². The summed E-state index contributed by atoms with van der Waals surface area (Å²) in [6.07, 6.45) is 0. The molecule has 0 fully saturated rings. The van der Waals surface area contributed by atoms with Crippen LogP contribution in [0.4, 0.5) is 0 Å². The number of rotatable bonds is 6. The van der Waals surface area contributed by atoms with Gasteiger partial charge in [0.1, 0.15) is 29.7 Å². The first-order chi connectivity index (χ1) is 15.9. The molecule has 6 nitrogen and oxygen atoms in total. The summed E-state index contributed by atoms with van der Waals surface area (Å²) < 4.78 is 18.4. The molecule has 33 heavy (non-hydrogen) atoms. The fourth-order valence-electron chi connectivity index (χ4n) is 3.68. The Balaban J connectivity index is 1.75. The molecule has 1 aliphatic heterocycles. The summed E-state index contributed by atoms with van der Waals surface area (Å²) in [4.78, 5) is 0. The molecule has 0 saturated heterocycles. The molecular formula is C25H20ClIN2O4. The van der Waals surface area contributed by atoms with Crippen molar-refractivity contribution in [3.8, 4) is 29.1 Å². The Morgan fingerprint density at radius 3 is 2.61 bits per heavy atom. The summed E-state index contributed by atoms with van der Waals surface area (Å²) in [5.74, 6) is 1.18. The van der Waals surface area contributed by atoms with Crippen LogP contribution in [0.3, 0.4) is 0 Å². The highest BCUT2D eigenvalue weighted by molar-refractivity contribution is 14.1. The molecule has 4 rings (SSSR count). The van der Waals surface area contributed by atoms with Gasteiger partial charge in [0.15, 0.2) is 11.5 Å². The predicted octanol–water partition coefficient (Wildman–Crippen LogP) is 5.85. The van der Waals surface area contributed by atoms with E-state index in [9.17, 15) is 10.4 Å². The van der Waals surface area contributed by atoms with E-state index < -0.39 is 5.92 Å². The van der Waals surface area contributed by atoms with Crippen molar-refractivity contribution >= 4 is 34.2 Å². The van der Waals surface area contributed by atoms with Crippen LogP contribution in [0.15, 0.2) is 66.1 Å². The molecule has 0 radical (unpaired) electrons. The molecule has 3 N–H and O–H groups in total. The van der Waals surface area contributed by atoms with Crippen molar-refractivity contribution in [2.45, 2.75) is 19.4 Å². The Bertz CT molecular complexity index is 1270. The lowest BCUT2D eigenvalue weighted by Gasteiger charge is -2.27. The van der Waals surface area contributed by atoms with Gasteiger partial charge >= 0.3 is 0 Å². The van der Waals surface area contributed by atoms with Crippen molar-refractivity contribution in [1.29, 1.82) is 5.26 Å². The molecule has 0 unspecified atom stereocenters. The van der Waals surface area contributed by atoms with Crippen molar-refractivity contribution in [2.75, 3.05) is 6.61 Å². The van der Waals surface area contributed by atoms with Crippen molar-refractivity contribution < 1.29 is 19.3 Å². The van der Waals surface area contributed by atoms with Crippen LogP contribution in [0.1, 0.15) is 29.5 Å². The fourth-order valence-corrected chi connectivity index (χ4v) is 4.59. The molecule has 8 heteroatoms. The van der Waals surface area contributed by atoms with E-state index >= 15 is 0 Å². The Morgan fingerprint density at radius 1 is 1.15 bits per heavy atom. The minimum absolute atomic E-state index is 0.0108. The van der Waals surface area contributed by atoms with E-state index in [-0.39, 0.29) is 11.6 Å². The van der Waals surface area contributed by atoms with Crippen molar-refractivity contribution in [3.63, 3.8) is 0 Å². The Hall–Kier alpha value is -3.09. The quantitative estimate of drug-likeness (QED) is 0.359. The van der Waals surface area contributed by atoms with Gasteiger partial charge in [0.05, 0.1) is 16.1 Å². The van der Waals surface area contributed by atoms with Gasteiger partial charge in [0, 0.05) is 16.7 Å². The maximum atomic E-state index is 9.87. The van der Waals surface area contributed by atoms with Gasteiger partial charge in [0.25, 0.3) is 0 Å². The minimum Gasteiger partial charge on any atom is -0.508 e. The number of aromatic hydroxyl groups is 1. The van der Waals surface area contributed by atoms with Crippen LogP contribution in [-0.2, 0) is 6.61 Å². The molecule has 0 bridgehead atoms. The minimum atomic E-state index is -0.475. The van der Waals surface area contributed by atoms with Crippen LogP contribution in [-0.4, -0.2) is 11.7 Å². The average Bonchev–Trinajstić information content (AvgIpc) is 2.78. The molecule has 1 aliphatic rings. The molecule has 0 aliphatic carbocycles. The number of nitrogens with zero attached hydrogens (tertiary/aromatic N) is 1. The summed E-state index contributed by atoms with van der Waals surface area (Å²) in [5, 5.41) is 20.4. The molecule has 3 aromatic carbocycles. The predicted molar refractivity (Wildman–Crippen MR) is 134 cm³/mol. The number of benzene rings is 3. The number of fused-ring (bicyclic) bond motifs is 1. The third kappa shape index (κ3) is 4.82. The second kappa shape index (κ2) is 9.81. The average molecular weight is 575 g/mol. The molecule has 0 amide bonds. The number of phenols is 1. The Morgan fingerprint density at radius 2 is 1.91 bits per heavy atom. The third-order valence-electron chi connectivity index (χ3n) is 5.16. The Kier molecular flexibility index (Phi) is 6.86. The monoisotopic (exact) mass is 574 g/mol. The van der Waals surface area contributed by atoms with Crippen LogP contribution in [0.5, 0.6) is 23.0 Å². The maximum Gasteiger partial charge on any atom is 0.205 e. The number of phenolic OH excluding ortho intramolecular Hbond substituents is 1. The van der Waals surface area contributed by atoms with Gasteiger partial charge in [-0.3, -0.25) is 0 Å². The molecular weight excluding hydrogens is 555 g/mol. The number of hydrogen-bond donors (Lipinski definition) is 2. The van der Waals surface area contributed by atoms with E-state index in [0.717, 1.165) is 20.3 Å². The van der Waals surface area contributed by atoms with Gasteiger partial charge in [-0.1, -0.05) is 29.8 Å². The standard InChI is InChI=1S/C25H20ClIN2O4/c1-2-31-22-10-15(9-20(27)24(22)32-13-14-3-5-16(26)6-4-14)23-18-8-7-17(30)11-21(18)33-25(29)19(23)12-28/h3-11,23,30H,2,13,29H2,1H3/t23-/m0/s1. The van der Waals surface area contributed by atoms with E-state index in [1.165, 1.54) is 6.07 Å². The van der Waals surface area contributed by atoms with Crippen LogP contribution in [0.2, 0.25) is 5.02 Å². The van der Waals surface area contributed by atoms with Gasteiger partial charge < -0.3 is 25.1 Å². The zero-order chi connectivity index (χ0) is 23.5. The summed E-state index contributed by atoms with van der Waals surface area (Å²) >= 11 is 8.17. The summed E-state index contributed by atoms with van der Waals surface area (Å²) in [6.45, 7) is 2.69. The van der Waals surface area contributed by atoms with Gasteiger partial charge in [-0.05, 0) is 71.0 Å². The van der Waals surface area contributed by atoms with Gasteiger partial charge in [0.2, 0.25) is 5.88 Å². The number of nitrogens with two attached hydrogens (primary N) is 1. The van der Waals surface area contributed by atoms with Crippen LogP contribution in [0, 0.1) is 14.9 Å². The first kappa shape index (κ1) is 23.1. The molecule has 0 aromatic heterocycles. The molecule has 0 saturated carbocycles. The Labute approximate surface area is 210 Å². The van der Waals surface area contributed by atoms with Crippen molar-refractivity contribution in [1.82, 2.24) is 0 Å². The van der Waals surface area contributed by atoms with Crippen molar-refractivity contribution in [2.24, 2.45) is 5.73 Å². The van der Waals surface area contributed by atoms with Gasteiger partial charge in [-0.25, -0.2) is 0 Å². The van der Waals surface area contributed by atoms with Crippen molar-refractivity contribution in [3.05, 3.63) is 91.3 Å². The third-order valence-corrected chi connectivity index (χ3v) is 6.22. The highest BCUT2D eigenvalue weighted by Gasteiger charge is 2.32. The SMILES string of the molecule is CCOc1cc([C@@H]2C(C#N)=C(N)Oc3cc(O)ccc32)cc(I)c1OCc1ccc(Cl)cc1. The molecule has 0 spiro atoms. The normalized spacial score (nSPS) is 14.8. The van der Waals surface area contributed by atoms with E-state index in [1.807, 2.05) is 43.3 Å². The molecule has 1 atom stereocenters. The van der Waals surface area contributed by atoms with E-state index in [4.69, 9.17) is 31.5 Å². The first-order valence-corrected chi connectivity index (χ1v) is 11.6. The molecule has 168 valence electrons. The van der Waals surface area contributed by atoms with Crippen LogP contribution in [0.25, 0.3) is 0 Å². The van der Waals surface area contributed by atoms with Gasteiger partial charge in [-0.15, -0.1) is 0 Å². The number of allylic oxidation sites excluding steroid dienone is 1. The van der Waals surface area contributed by atoms with Crippen LogP contribution >= 0.6 is 34.2 Å². The highest BCUT2D eigenvalue weighted by atomic mass is 127. The highest BCUT2D eigenvalue weighted by Crippen LogP contribution is 2.46. The van der Waals surface area contributed by atoms with E-state index in [2.05, 4.69) is 28.7 Å². The summed E-state index contributed by atoms with van der Waals surface area (Å²) in [6, 6.07) is 18.2. The zero-order valence-electron chi connectivity index (χ0n) is 17.6. The fraction of sp³-hybridized carbons (Fsp3) is 0.160. The second-order valence-corrected chi connectivity index (χ2v) is 8.92. The van der Waals surface area contributed by atoms with Gasteiger partial charge in [-0.2, -0.15) is 5.26 Å². The topological polar surface area (TPSA) is 97.7 Å². The smallest absolute Gasteiger partial charge is 0.205 e. The number of hydrogen-bond acceptors (Lipinski definition) is 6. The lowest BCUT2D eigenvalue weighted by molar-refractivity contribution is 0.267. The lowest BCUT2D eigenvalue weighted by Crippen LogP contribution is -2.21. The molecule has 1 heterocycles. The second-order valence-electron chi connectivity index (χ2n) is 7.33. The molecule has 3 aromatic rings. The number of halogens is 2. The zero-order valence-corrected chi connectivity index (χ0v) is 20.6. The summed E-state index contributed by atoms with van der Waals surface area (Å²) in [5.41, 5.74) is 8.85. The number of ether oxygens (including phenoxy) is 3. The largest absolute Gasteiger partial charge is 0.508 e.